The molecule has 0 saturated heterocycles. The lowest BCUT2D eigenvalue weighted by atomic mass is 10.1. The number of anilines is 3. The van der Waals surface area contributed by atoms with Crippen LogP contribution in [0.5, 0.6) is 0 Å². The van der Waals surface area contributed by atoms with Crippen molar-refractivity contribution in [2.24, 2.45) is 0 Å². The third kappa shape index (κ3) is 4.62. The molecule has 1 aliphatic heterocycles. The molecule has 0 aromatic heterocycles. The maximum absolute atomic E-state index is 12.9. The Kier molecular flexibility index (Phi) is 6.22. The number of rotatable bonds is 5. The maximum Gasteiger partial charge on any atom is 0.283 e. The second-order valence-electron chi connectivity index (χ2n) is 7.59. The molecule has 166 valence electrons. The lowest BCUT2D eigenvalue weighted by Gasteiger charge is -2.16. The van der Waals surface area contributed by atoms with Crippen LogP contribution in [0, 0.1) is 13.8 Å². The molecule has 1 aliphatic rings. The quantitative estimate of drug-likeness (QED) is 0.463. The average Bonchev–Trinajstić information content (AvgIpc) is 2.99. The summed E-state index contributed by atoms with van der Waals surface area (Å²) >= 11 is 12.3. The summed E-state index contributed by atoms with van der Waals surface area (Å²) in [6.45, 7) is 3.77. The fourth-order valence-electron chi connectivity index (χ4n) is 3.34. The highest BCUT2D eigenvalue weighted by Crippen LogP contribution is 2.32. The molecule has 0 fully saturated rings. The van der Waals surface area contributed by atoms with E-state index in [2.05, 4.69) is 10.6 Å². The number of imide groups is 1. The van der Waals surface area contributed by atoms with Crippen molar-refractivity contribution in [3.05, 3.63) is 99.2 Å². The van der Waals surface area contributed by atoms with E-state index >= 15 is 0 Å². The molecule has 8 heteroatoms. The minimum absolute atomic E-state index is 0.0460. The molecule has 1 heterocycles. The Bertz CT molecular complexity index is 1320. The average molecular weight is 480 g/mol. The van der Waals surface area contributed by atoms with Crippen LogP contribution < -0.4 is 15.5 Å². The fourth-order valence-corrected chi connectivity index (χ4v) is 3.73. The number of benzene rings is 3. The Morgan fingerprint density at radius 1 is 0.848 bits per heavy atom. The summed E-state index contributed by atoms with van der Waals surface area (Å²) in [6, 6.07) is 18.9. The van der Waals surface area contributed by atoms with E-state index in [9.17, 15) is 14.4 Å². The van der Waals surface area contributed by atoms with Crippen LogP contribution in [0.1, 0.15) is 21.5 Å². The molecule has 0 aliphatic carbocycles. The predicted molar refractivity (Wildman–Crippen MR) is 131 cm³/mol. The number of hydrogen-bond acceptors (Lipinski definition) is 4. The van der Waals surface area contributed by atoms with Crippen molar-refractivity contribution in [3.8, 4) is 0 Å². The van der Waals surface area contributed by atoms with Gasteiger partial charge in [0.1, 0.15) is 10.7 Å². The number of amides is 3. The zero-order valence-corrected chi connectivity index (χ0v) is 19.3. The zero-order chi connectivity index (χ0) is 23.7. The summed E-state index contributed by atoms with van der Waals surface area (Å²) in [5.74, 6) is -1.50. The van der Waals surface area contributed by atoms with E-state index in [0.717, 1.165) is 16.0 Å². The van der Waals surface area contributed by atoms with Gasteiger partial charge < -0.3 is 10.6 Å². The summed E-state index contributed by atoms with van der Waals surface area (Å²) in [7, 11) is 0. The second kappa shape index (κ2) is 9.10. The molecule has 0 bridgehead atoms. The molecule has 4 rings (SSSR count). The second-order valence-corrected chi connectivity index (χ2v) is 8.38. The minimum atomic E-state index is -0.641. The molecule has 3 aromatic rings. The highest BCUT2D eigenvalue weighted by molar-refractivity contribution is 6.53. The summed E-state index contributed by atoms with van der Waals surface area (Å²) < 4.78 is 0. The van der Waals surface area contributed by atoms with E-state index in [1.165, 1.54) is 0 Å². The number of nitrogens with one attached hydrogen (secondary N) is 2. The summed E-state index contributed by atoms with van der Waals surface area (Å²) in [4.78, 5) is 39.0. The molecule has 0 atom stereocenters. The van der Waals surface area contributed by atoms with Gasteiger partial charge in [-0.25, -0.2) is 4.90 Å². The number of aryl methyl sites for hydroxylation is 2. The smallest absolute Gasteiger partial charge is 0.283 e. The first-order valence-electron chi connectivity index (χ1n) is 10.0. The first-order valence-corrected chi connectivity index (χ1v) is 10.8. The van der Waals surface area contributed by atoms with Crippen LogP contribution in [-0.4, -0.2) is 17.7 Å². The predicted octanol–water partition coefficient (Wildman–Crippen LogP) is 5.64. The number of carbonyl (C=O) groups is 3. The van der Waals surface area contributed by atoms with E-state index in [1.807, 2.05) is 38.1 Å². The summed E-state index contributed by atoms with van der Waals surface area (Å²) in [5.41, 5.74) is 3.78. The van der Waals surface area contributed by atoms with Crippen LogP contribution in [0.25, 0.3) is 0 Å². The number of carbonyl (C=O) groups excluding carboxylic acids is 3. The van der Waals surface area contributed by atoms with Crippen LogP contribution in [0.15, 0.2) is 77.5 Å². The molecule has 0 unspecified atom stereocenters. The molecular weight excluding hydrogens is 461 g/mol. The molecule has 6 nitrogen and oxygen atoms in total. The van der Waals surface area contributed by atoms with Crippen LogP contribution in [0.4, 0.5) is 17.1 Å². The number of halogens is 2. The van der Waals surface area contributed by atoms with Crippen molar-refractivity contribution < 1.29 is 14.4 Å². The first-order chi connectivity index (χ1) is 15.7. The van der Waals surface area contributed by atoms with Crippen LogP contribution in [0.2, 0.25) is 5.02 Å². The van der Waals surface area contributed by atoms with Crippen LogP contribution >= 0.6 is 23.2 Å². The van der Waals surface area contributed by atoms with Crippen molar-refractivity contribution in [1.29, 1.82) is 0 Å². The molecule has 0 radical (unpaired) electrons. The van der Waals surface area contributed by atoms with Gasteiger partial charge in [-0.05, 0) is 73.5 Å². The Balaban J connectivity index is 1.49. The van der Waals surface area contributed by atoms with Gasteiger partial charge in [-0.3, -0.25) is 14.4 Å². The van der Waals surface area contributed by atoms with E-state index in [1.54, 1.807) is 42.5 Å². The Labute approximate surface area is 200 Å². The van der Waals surface area contributed by atoms with Crippen molar-refractivity contribution in [2.75, 3.05) is 15.5 Å². The van der Waals surface area contributed by atoms with Crippen molar-refractivity contribution >= 4 is 58.0 Å². The van der Waals surface area contributed by atoms with Gasteiger partial charge in [0.2, 0.25) is 0 Å². The molecule has 3 aromatic carbocycles. The highest BCUT2D eigenvalue weighted by atomic mass is 35.5. The largest absolute Gasteiger partial charge is 0.350 e. The fraction of sp³-hybridized carbons (Fsp3) is 0.0800. The lowest BCUT2D eigenvalue weighted by Crippen LogP contribution is -2.32. The summed E-state index contributed by atoms with van der Waals surface area (Å²) in [6.07, 6.45) is 0. The van der Waals surface area contributed by atoms with Gasteiger partial charge in [0.25, 0.3) is 17.7 Å². The lowest BCUT2D eigenvalue weighted by molar-refractivity contribution is -0.120. The molecule has 3 amide bonds. The normalized spacial score (nSPS) is 13.5. The monoisotopic (exact) mass is 479 g/mol. The van der Waals surface area contributed by atoms with Gasteiger partial charge in [0.15, 0.2) is 0 Å². The Morgan fingerprint density at radius 2 is 1.58 bits per heavy atom. The Hall–Kier alpha value is -3.61. The van der Waals surface area contributed by atoms with E-state index in [0.29, 0.717) is 27.6 Å². The van der Waals surface area contributed by atoms with Gasteiger partial charge in [0.05, 0.1) is 5.69 Å². The molecule has 2 N–H and O–H groups in total. The van der Waals surface area contributed by atoms with Gasteiger partial charge in [-0.1, -0.05) is 41.4 Å². The van der Waals surface area contributed by atoms with Crippen molar-refractivity contribution in [3.63, 3.8) is 0 Å². The van der Waals surface area contributed by atoms with Gasteiger partial charge in [0, 0.05) is 22.0 Å². The highest BCUT2D eigenvalue weighted by Gasteiger charge is 2.39. The van der Waals surface area contributed by atoms with Gasteiger partial charge in [-0.2, -0.15) is 0 Å². The Morgan fingerprint density at radius 3 is 2.24 bits per heavy atom. The topological polar surface area (TPSA) is 78.5 Å². The van der Waals surface area contributed by atoms with E-state index in [-0.39, 0.29) is 16.6 Å². The first kappa shape index (κ1) is 22.6. The maximum atomic E-state index is 12.9. The number of nitrogens with zero attached hydrogens (tertiary/aromatic N) is 1. The summed E-state index contributed by atoms with van der Waals surface area (Å²) in [5, 5.41) is 5.94. The van der Waals surface area contributed by atoms with Crippen LogP contribution in [0.3, 0.4) is 0 Å². The zero-order valence-electron chi connectivity index (χ0n) is 17.8. The molecule has 0 saturated carbocycles. The van der Waals surface area contributed by atoms with Crippen LogP contribution in [-0.2, 0) is 9.59 Å². The third-order valence-corrected chi connectivity index (χ3v) is 5.89. The third-order valence-electron chi connectivity index (χ3n) is 5.13. The molecule has 33 heavy (non-hydrogen) atoms. The molecular formula is C25H19Cl2N3O3. The molecule has 0 spiro atoms. The van der Waals surface area contributed by atoms with Crippen molar-refractivity contribution in [2.45, 2.75) is 13.8 Å². The van der Waals surface area contributed by atoms with E-state index < -0.39 is 11.8 Å². The van der Waals surface area contributed by atoms with Gasteiger partial charge in [-0.15, -0.1) is 0 Å². The SMILES string of the molecule is Cc1cccc(NC(=O)c2ccc(NC3=C(Cl)C(=O)N(c4ccc(C)c(Cl)c4)C3=O)cc2)c1. The minimum Gasteiger partial charge on any atom is -0.350 e. The standard InChI is InChI=1S/C25H19Cl2N3O3/c1-14-4-3-5-18(12-14)29-23(31)16-7-9-17(10-8-16)28-22-21(27)24(32)30(25(22)33)19-11-6-15(2)20(26)13-19/h3-13,28H,1-2H3,(H,29,31). The van der Waals surface area contributed by atoms with Gasteiger partial charge >= 0.3 is 0 Å². The number of hydrogen-bond donors (Lipinski definition) is 2. The van der Waals surface area contributed by atoms with Crippen molar-refractivity contribution in [1.82, 2.24) is 0 Å². The van der Waals surface area contributed by atoms with E-state index in [4.69, 9.17) is 23.2 Å².